The van der Waals surface area contributed by atoms with Crippen LogP contribution in [0.15, 0.2) is 60.0 Å². The third-order valence-electron chi connectivity index (χ3n) is 3.92. The van der Waals surface area contributed by atoms with Crippen molar-refractivity contribution in [2.75, 3.05) is 4.72 Å². The van der Waals surface area contributed by atoms with E-state index in [1.807, 2.05) is 0 Å². The number of ether oxygens (including phenoxy) is 1. The summed E-state index contributed by atoms with van der Waals surface area (Å²) in [6.45, 7) is 0. The van der Waals surface area contributed by atoms with Gasteiger partial charge in [-0.2, -0.15) is 14.6 Å². The van der Waals surface area contributed by atoms with Crippen molar-refractivity contribution in [1.82, 2.24) is 19.6 Å². The molecule has 2 heterocycles. The fourth-order valence-electron chi connectivity index (χ4n) is 2.57. The second-order valence-corrected chi connectivity index (χ2v) is 9.21. The fraction of sp³-hybridized carbons (Fsp3) is 0. The number of nitrogens with zero attached hydrogens (tertiary/aromatic N) is 4. The lowest BCUT2D eigenvalue weighted by Gasteiger charge is -2.14. The van der Waals surface area contributed by atoms with Crippen molar-refractivity contribution < 1.29 is 17.5 Å². The van der Waals surface area contributed by atoms with Gasteiger partial charge in [0.25, 0.3) is 10.0 Å². The first-order valence-corrected chi connectivity index (χ1v) is 11.4. The number of halogens is 3. The molecule has 0 amide bonds. The minimum absolute atomic E-state index is 0.00684. The number of rotatable bonds is 6. The summed E-state index contributed by atoms with van der Waals surface area (Å²) in [5.74, 6) is -0.835. The van der Waals surface area contributed by atoms with Crippen LogP contribution in [0.1, 0.15) is 0 Å². The zero-order valence-electron chi connectivity index (χ0n) is 15.2. The van der Waals surface area contributed by atoms with Gasteiger partial charge in [0.2, 0.25) is 5.13 Å². The molecule has 0 bridgehead atoms. The van der Waals surface area contributed by atoms with Crippen molar-refractivity contribution in [2.45, 2.75) is 4.90 Å². The minimum atomic E-state index is -4.27. The Kier molecular flexibility index (Phi) is 6.01. The molecule has 4 rings (SSSR count). The molecule has 0 saturated heterocycles. The average molecular weight is 498 g/mol. The summed E-state index contributed by atoms with van der Waals surface area (Å²) in [6.07, 6.45) is 4.18. The lowest BCUT2D eigenvalue weighted by Crippen LogP contribution is -2.14. The van der Waals surface area contributed by atoms with Gasteiger partial charge < -0.3 is 4.74 Å². The first-order valence-electron chi connectivity index (χ1n) is 8.36. The van der Waals surface area contributed by atoms with Crippen LogP contribution in [-0.4, -0.2) is 28.0 Å². The Morgan fingerprint density at radius 3 is 2.61 bits per heavy atom. The molecule has 0 aliphatic carbocycles. The summed E-state index contributed by atoms with van der Waals surface area (Å²) >= 11 is 13.1. The molecule has 0 atom stereocenters. The molecule has 0 aliphatic rings. The lowest BCUT2D eigenvalue weighted by molar-refractivity contribution is 0.475. The van der Waals surface area contributed by atoms with Gasteiger partial charge in [0, 0.05) is 33.7 Å². The van der Waals surface area contributed by atoms with Crippen LogP contribution in [0, 0.1) is 5.82 Å². The molecule has 0 fully saturated rings. The summed E-state index contributed by atoms with van der Waals surface area (Å²) in [5, 5.41) is 7.87. The van der Waals surface area contributed by atoms with Crippen molar-refractivity contribution >= 4 is 49.9 Å². The van der Waals surface area contributed by atoms with E-state index in [9.17, 15) is 12.8 Å². The van der Waals surface area contributed by atoms with Gasteiger partial charge in [-0.05, 0) is 30.3 Å². The van der Waals surface area contributed by atoms with Crippen molar-refractivity contribution in [3.63, 3.8) is 0 Å². The van der Waals surface area contributed by atoms with Crippen LogP contribution in [0.25, 0.3) is 11.1 Å². The van der Waals surface area contributed by atoms with Crippen LogP contribution >= 0.6 is 34.7 Å². The van der Waals surface area contributed by atoms with E-state index in [1.54, 1.807) is 24.3 Å². The van der Waals surface area contributed by atoms with Gasteiger partial charge in [0.15, 0.2) is 0 Å². The van der Waals surface area contributed by atoms with Crippen LogP contribution in [0.4, 0.5) is 9.52 Å². The molecule has 0 spiro atoms. The summed E-state index contributed by atoms with van der Waals surface area (Å²) < 4.78 is 51.3. The normalized spacial score (nSPS) is 11.3. The molecule has 31 heavy (non-hydrogen) atoms. The van der Waals surface area contributed by atoms with Gasteiger partial charge in [0.1, 0.15) is 28.5 Å². The molecule has 0 radical (unpaired) electrons. The number of hydrogen-bond donors (Lipinski definition) is 1. The topological polar surface area (TPSA) is 107 Å². The van der Waals surface area contributed by atoms with Crippen molar-refractivity contribution in [1.29, 1.82) is 0 Å². The Morgan fingerprint density at radius 2 is 1.90 bits per heavy atom. The molecule has 4 aromatic rings. The molecule has 0 unspecified atom stereocenters. The molecule has 13 heteroatoms. The van der Waals surface area contributed by atoms with E-state index < -0.39 is 20.7 Å². The van der Waals surface area contributed by atoms with Gasteiger partial charge >= 0.3 is 0 Å². The van der Waals surface area contributed by atoms with Crippen LogP contribution in [0.3, 0.4) is 0 Å². The predicted molar refractivity (Wildman–Crippen MR) is 115 cm³/mol. The highest BCUT2D eigenvalue weighted by Crippen LogP contribution is 2.39. The van der Waals surface area contributed by atoms with E-state index >= 15 is 0 Å². The van der Waals surface area contributed by atoms with Crippen LogP contribution < -0.4 is 9.46 Å². The first kappa shape index (κ1) is 21.4. The molecule has 158 valence electrons. The maximum absolute atomic E-state index is 14.7. The fourth-order valence-corrected chi connectivity index (χ4v) is 4.75. The Bertz CT molecular complexity index is 1340. The summed E-state index contributed by atoms with van der Waals surface area (Å²) in [6, 6.07) is 8.35. The van der Waals surface area contributed by atoms with Gasteiger partial charge in [0.05, 0.1) is 17.4 Å². The zero-order valence-corrected chi connectivity index (χ0v) is 18.3. The zero-order chi connectivity index (χ0) is 22.0. The van der Waals surface area contributed by atoms with Crippen LogP contribution in [0.5, 0.6) is 11.5 Å². The largest absolute Gasteiger partial charge is 0.455 e. The van der Waals surface area contributed by atoms with E-state index in [2.05, 4.69) is 24.3 Å². The first-order chi connectivity index (χ1) is 14.8. The maximum atomic E-state index is 14.7. The van der Waals surface area contributed by atoms with Crippen molar-refractivity contribution in [3.8, 4) is 22.6 Å². The van der Waals surface area contributed by atoms with Gasteiger partial charge in [-0.3, -0.25) is 4.72 Å². The summed E-state index contributed by atoms with van der Waals surface area (Å²) in [5.41, 5.74) is 1.22. The molecule has 1 N–H and O–H groups in total. The molecular weight excluding hydrogens is 488 g/mol. The Balaban J connectivity index is 1.69. The highest BCUT2D eigenvalue weighted by atomic mass is 35.5. The Morgan fingerprint density at radius 1 is 1.06 bits per heavy atom. The molecule has 2 aromatic heterocycles. The average Bonchev–Trinajstić information content (AvgIpc) is 3.24. The monoisotopic (exact) mass is 497 g/mol. The standard InChI is InChI=1S/C18H10Cl2FN5O3S2/c19-11-1-2-15(12(5-11)10-3-4-23-24-8-10)29-16-7-14(21)17(6-13(16)20)31(27,28)26-18-22-9-25-30-18/h1-9H,(H,22,25,26). The van der Waals surface area contributed by atoms with E-state index in [1.165, 1.54) is 18.7 Å². The Labute approximate surface area is 189 Å². The quantitative estimate of drug-likeness (QED) is 0.397. The summed E-state index contributed by atoms with van der Waals surface area (Å²) in [7, 11) is -4.27. The predicted octanol–water partition coefficient (Wildman–Crippen LogP) is 5.03. The third kappa shape index (κ3) is 4.74. The molecule has 8 nitrogen and oxygen atoms in total. The second-order valence-electron chi connectivity index (χ2n) is 5.94. The van der Waals surface area contributed by atoms with E-state index in [0.29, 0.717) is 21.9 Å². The second kappa shape index (κ2) is 8.71. The van der Waals surface area contributed by atoms with Crippen molar-refractivity contribution in [2.24, 2.45) is 0 Å². The number of hydrogen-bond acceptors (Lipinski definition) is 8. The molecule has 2 aromatic carbocycles. The van der Waals surface area contributed by atoms with Gasteiger partial charge in [-0.25, -0.2) is 17.8 Å². The van der Waals surface area contributed by atoms with Crippen LogP contribution in [0.2, 0.25) is 10.0 Å². The van der Waals surface area contributed by atoms with E-state index in [4.69, 9.17) is 27.9 Å². The third-order valence-corrected chi connectivity index (χ3v) is 6.51. The van der Waals surface area contributed by atoms with Gasteiger partial charge in [-0.1, -0.05) is 23.2 Å². The number of benzene rings is 2. The van der Waals surface area contributed by atoms with Crippen molar-refractivity contribution in [3.05, 3.63) is 71.0 Å². The minimum Gasteiger partial charge on any atom is -0.455 e. The molecule has 0 aliphatic heterocycles. The van der Waals surface area contributed by atoms with Gasteiger partial charge in [-0.15, -0.1) is 0 Å². The highest BCUT2D eigenvalue weighted by Gasteiger charge is 2.23. The highest BCUT2D eigenvalue weighted by molar-refractivity contribution is 7.93. The number of anilines is 1. The molecule has 0 saturated carbocycles. The van der Waals surface area contributed by atoms with Crippen LogP contribution in [-0.2, 0) is 10.0 Å². The molecular formula is C18H10Cl2FN5O3S2. The number of sulfonamides is 1. The van der Waals surface area contributed by atoms with E-state index in [0.717, 1.165) is 23.7 Å². The number of aromatic nitrogens is 4. The SMILES string of the molecule is O=S(=O)(Nc1ncns1)c1cc(Cl)c(Oc2ccc(Cl)cc2-c2ccnnc2)cc1F. The number of nitrogens with one attached hydrogen (secondary N) is 1. The van der Waals surface area contributed by atoms with E-state index in [-0.39, 0.29) is 15.9 Å². The maximum Gasteiger partial charge on any atom is 0.266 e. The lowest BCUT2D eigenvalue weighted by atomic mass is 10.1. The Hall–Kier alpha value is -2.86. The smallest absolute Gasteiger partial charge is 0.266 e. The summed E-state index contributed by atoms with van der Waals surface area (Å²) in [4.78, 5) is 3.06.